The van der Waals surface area contributed by atoms with E-state index in [0.29, 0.717) is 11.8 Å². The Morgan fingerprint density at radius 3 is 2.53 bits per heavy atom. The van der Waals surface area contributed by atoms with E-state index < -0.39 is 5.60 Å². The third-order valence-electron chi connectivity index (χ3n) is 4.12. The van der Waals surface area contributed by atoms with E-state index in [1.807, 2.05) is 19.3 Å². The van der Waals surface area contributed by atoms with Crippen LogP contribution in [0.3, 0.4) is 0 Å². The van der Waals surface area contributed by atoms with Gasteiger partial charge in [0.05, 0.1) is 5.60 Å². The highest BCUT2D eigenvalue weighted by Gasteiger charge is 2.64. The Hall–Kier alpha value is -0.890. The fourth-order valence-electron chi connectivity index (χ4n) is 3.29. The fourth-order valence-corrected chi connectivity index (χ4v) is 3.29. The van der Waals surface area contributed by atoms with Gasteiger partial charge in [-0.15, -0.1) is 0 Å². The van der Waals surface area contributed by atoms with Crippen molar-refractivity contribution in [2.75, 3.05) is 0 Å². The van der Waals surface area contributed by atoms with Crippen molar-refractivity contribution in [2.24, 2.45) is 11.8 Å². The molecule has 0 saturated heterocycles. The molecule has 80 valence electrons. The first-order chi connectivity index (χ1) is 7.23. The second kappa shape index (κ2) is 3.05. The number of hydrogen-bond acceptors (Lipinski definition) is 2. The summed E-state index contributed by atoms with van der Waals surface area (Å²) in [5, 5.41) is 10.6. The van der Waals surface area contributed by atoms with Crippen LogP contribution in [0.4, 0.5) is 0 Å². The van der Waals surface area contributed by atoms with Crippen molar-refractivity contribution in [3.8, 4) is 0 Å². The van der Waals surface area contributed by atoms with Crippen molar-refractivity contribution < 1.29 is 5.11 Å². The Morgan fingerprint density at radius 1 is 1.27 bits per heavy atom. The van der Waals surface area contributed by atoms with Crippen LogP contribution in [-0.4, -0.2) is 10.1 Å². The highest BCUT2D eigenvalue weighted by atomic mass is 16.3. The lowest BCUT2D eigenvalue weighted by atomic mass is 10.0. The Labute approximate surface area is 90.4 Å². The summed E-state index contributed by atoms with van der Waals surface area (Å²) in [4.78, 5) is 4.19. The number of aryl methyl sites for hydroxylation is 1. The van der Waals surface area contributed by atoms with Crippen molar-refractivity contribution in [1.29, 1.82) is 0 Å². The van der Waals surface area contributed by atoms with Crippen LogP contribution in [0.25, 0.3) is 0 Å². The molecule has 0 spiro atoms. The molecule has 1 aromatic heterocycles. The smallest absolute Gasteiger partial charge is 0.0975 e. The number of aliphatic hydroxyl groups is 1. The number of nitrogens with zero attached hydrogens (tertiary/aromatic N) is 1. The average Bonchev–Trinajstić information content (AvgIpc) is 2.87. The van der Waals surface area contributed by atoms with Crippen LogP contribution in [0.5, 0.6) is 0 Å². The van der Waals surface area contributed by atoms with Crippen LogP contribution >= 0.6 is 0 Å². The summed E-state index contributed by atoms with van der Waals surface area (Å²) >= 11 is 0. The van der Waals surface area contributed by atoms with Crippen LogP contribution in [-0.2, 0) is 5.60 Å². The van der Waals surface area contributed by atoms with Gasteiger partial charge < -0.3 is 5.11 Å². The Morgan fingerprint density at radius 2 is 1.93 bits per heavy atom. The minimum Gasteiger partial charge on any atom is -0.385 e. The summed E-state index contributed by atoms with van der Waals surface area (Å²) in [6.45, 7) is 2.03. The SMILES string of the molecule is Cc1cncc(C2(O)C3CCCCC32)c1. The molecule has 0 aliphatic heterocycles. The maximum atomic E-state index is 10.6. The zero-order chi connectivity index (χ0) is 10.5. The molecule has 15 heavy (non-hydrogen) atoms. The van der Waals surface area contributed by atoms with E-state index in [9.17, 15) is 5.11 Å². The van der Waals surface area contributed by atoms with Crippen molar-refractivity contribution in [1.82, 2.24) is 4.98 Å². The van der Waals surface area contributed by atoms with E-state index in [4.69, 9.17) is 0 Å². The first kappa shape index (κ1) is 9.34. The molecule has 0 amide bonds. The van der Waals surface area contributed by atoms with Gasteiger partial charge in [0.1, 0.15) is 0 Å². The summed E-state index contributed by atoms with van der Waals surface area (Å²) in [5.41, 5.74) is 1.65. The minimum atomic E-state index is -0.532. The molecule has 2 saturated carbocycles. The molecule has 2 fully saturated rings. The van der Waals surface area contributed by atoms with E-state index in [-0.39, 0.29) is 0 Å². The van der Waals surface area contributed by atoms with Gasteiger partial charge in [-0.25, -0.2) is 0 Å². The standard InChI is InChI=1S/C13H17NO/c1-9-6-10(8-14-7-9)13(15)11-4-2-3-5-12(11)13/h6-8,11-12,15H,2-5H2,1H3. The van der Waals surface area contributed by atoms with Gasteiger partial charge >= 0.3 is 0 Å². The molecule has 2 aliphatic carbocycles. The Kier molecular flexibility index (Phi) is 1.90. The van der Waals surface area contributed by atoms with Crippen LogP contribution in [0.2, 0.25) is 0 Å². The molecule has 1 heterocycles. The first-order valence-corrected chi connectivity index (χ1v) is 5.87. The van der Waals surface area contributed by atoms with Gasteiger partial charge in [-0.3, -0.25) is 4.98 Å². The fraction of sp³-hybridized carbons (Fsp3) is 0.615. The second-order valence-corrected chi connectivity index (χ2v) is 5.07. The van der Waals surface area contributed by atoms with E-state index in [1.165, 1.54) is 25.7 Å². The number of rotatable bonds is 1. The molecule has 2 aliphatic rings. The van der Waals surface area contributed by atoms with Gasteiger partial charge in [0.15, 0.2) is 0 Å². The highest BCUT2D eigenvalue weighted by Crippen LogP contribution is 2.64. The van der Waals surface area contributed by atoms with Gasteiger partial charge in [0, 0.05) is 18.0 Å². The largest absolute Gasteiger partial charge is 0.385 e. The third-order valence-corrected chi connectivity index (χ3v) is 4.12. The minimum absolute atomic E-state index is 0.509. The molecule has 2 unspecified atom stereocenters. The number of pyridine rings is 1. The topological polar surface area (TPSA) is 33.1 Å². The molecular weight excluding hydrogens is 186 g/mol. The molecule has 0 aromatic carbocycles. The van der Waals surface area contributed by atoms with Crippen molar-refractivity contribution >= 4 is 0 Å². The number of hydrogen-bond donors (Lipinski definition) is 1. The van der Waals surface area contributed by atoms with Crippen molar-refractivity contribution in [2.45, 2.75) is 38.2 Å². The molecule has 2 heteroatoms. The van der Waals surface area contributed by atoms with E-state index in [1.54, 1.807) is 0 Å². The molecular formula is C13H17NO. The predicted octanol–water partition coefficient (Wildman–Crippen LogP) is 2.40. The molecule has 2 atom stereocenters. The third kappa shape index (κ3) is 1.24. The molecule has 0 bridgehead atoms. The normalized spacial score (nSPS) is 38.5. The van der Waals surface area contributed by atoms with Gasteiger partial charge in [-0.05, 0) is 37.2 Å². The lowest BCUT2D eigenvalue weighted by Crippen LogP contribution is -2.10. The van der Waals surface area contributed by atoms with Gasteiger partial charge in [-0.1, -0.05) is 18.9 Å². The van der Waals surface area contributed by atoms with Gasteiger partial charge in [0.2, 0.25) is 0 Å². The maximum absolute atomic E-state index is 10.6. The molecule has 0 radical (unpaired) electrons. The lowest BCUT2D eigenvalue weighted by Gasteiger charge is -2.10. The Balaban J connectivity index is 1.94. The summed E-state index contributed by atoms with van der Waals surface area (Å²) < 4.78 is 0. The van der Waals surface area contributed by atoms with E-state index in [0.717, 1.165) is 11.1 Å². The number of fused-ring (bicyclic) bond motifs is 1. The highest BCUT2D eigenvalue weighted by molar-refractivity contribution is 5.33. The van der Waals surface area contributed by atoms with Crippen LogP contribution < -0.4 is 0 Å². The van der Waals surface area contributed by atoms with E-state index >= 15 is 0 Å². The van der Waals surface area contributed by atoms with Crippen LogP contribution in [0.15, 0.2) is 18.5 Å². The van der Waals surface area contributed by atoms with Crippen molar-refractivity contribution in [3.63, 3.8) is 0 Å². The number of aromatic nitrogens is 1. The maximum Gasteiger partial charge on any atom is 0.0975 e. The molecule has 3 rings (SSSR count). The summed E-state index contributed by atoms with van der Waals surface area (Å²) in [5.74, 6) is 1.02. The van der Waals surface area contributed by atoms with Crippen LogP contribution in [0, 0.1) is 18.8 Å². The quantitative estimate of drug-likeness (QED) is 0.760. The van der Waals surface area contributed by atoms with Gasteiger partial charge in [0.25, 0.3) is 0 Å². The van der Waals surface area contributed by atoms with Crippen molar-refractivity contribution in [3.05, 3.63) is 29.6 Å². The molecule has 2 nitrogen and oxygen atoms in total. The summed E-state index contributed by atoms with van der Waals surface area (Å²) in [6.07, 6.45) is 8.62. The first-order valence-electron chi connectivity index (χ1n) is 5.87. The molecule has 1 N–H and O–H groups in total. The lowest BCUT2D eigenvalue weighted by molar-refractivity contribution is 0.117. The zero-order valence-electron chi connectivity index (χ0n) is 9.11. The Bertz CT molecular complexity index is 376. The average molecular weight is 203 g/mol. The second-order valence-electron chi connectivity index (χ2n) is 5.07. The monoisotopic (exact) mass is 203 g/mol. The predicted molar refractivity (Wildman–Crippen MR) is 58.3 cm³/mol. The van der Waals surface area contributed by atoms with Gasteiger partial charge in [-0.2, -0.15) is 0 Å². The molecule has 1 aromatic rings. The van der Waals surface area contributed by atoms with E-state index in [2.05, 4.69) is 11.1 Å². The zero-order valence-corrected chi connectivity index (χ0v) is 9.11. The summed E-state index contributed by atoms with van der Waals surface area (Å²) in [6, 6.07) is 2.09. The van der Waals surface area contributed by atoms with Crippen LogP contribution in [0.1, 0.15) is 36.8 Å². The summed E-state index contributed by atoms with van der Waals surface area (Å²) in [7, 11) is 0.